The number of anilines is 1. The number of rotatable bonds is 4. The first kappa shape index (κ1) is 16.9. The summed E-state index contributed by atoms with van der Waals surface area (Å²) in [6.07, 6.45) is 0.993. The Bertz CT molecular complexity index is 720. The van der Waals surface area contributed by atoms with Crippen molar-refractivity contribution in [3.05, 3.63) is 45.4 Å². The second-order valence-corrected chi connectivity index (χ2v) is 7.17. The molecule has 1 aliphatic heterocycles. The summed E-state index contributed by atoms with van der Waals surface area (Å²) in [7, 11) is 0. The third-order valence-electron chi connectivity index (χ3n) is 4.44. The van der Waals surface area contributed by atoms with Gasteiger partial charge in [-0.05, 0) is 31.0 Å². The van der Waals surface area contributed by atoms with Crippen molar-refractivity contribution in [1.82, 2.24) is 14.8 Å². The summed E-state index contributed by atoms with van der Waals surface area (Å²) in [6.45, 7) is 8.21. The maximum absolute atomic E-state index is 12.7. The van der Waals surface area contributed by atoms with Crippen LogP contribution in [0.25, 0.3) is 0 Å². The minimum Gasteiger partial charge on any atom is -0.399 e. The summed E-state index contributed by atoms with van der Waals surface area (Å²) in [6, 6.07) is 5.53. The summed E-state index contributed by atoms with van der Waals surface area (Å²) in [5.41, 5.74) is 9.31. The fourth-order valence-electron chi connectivity index (χ4n) is 2.96. The van der Waals surface area contributed by atoms with Crippen LogP contribution in [0.15, 0.2) is 23.6 Å². The quantitative estimate of drug-likeness (QED) is 0.866. The molecule has 128 valence electrons. The van der Waals surface area contributed by atoms with Crippen LogP contribution >= 0.6 is 11.3 Å². The van der Waals surface area contributed by atoms with E-state index in [1.165, 1.54) is 5.01 Å². The molecule has 6 heteroatoms. The number of carbonyl (C=O) groups is 1. The second-order valence-electron chi connectivity index (χ2n) is 6.23. The van der Waals surface area contributed by atoms with E-state index in [1.54, 1.807) is 17.4 Å². The molecule has 5 nitrogen and oxygen atoms in total. The molecule has 1 aromatic carbocycles. The minimum absolute atomic E-state index is 0.0846. The molecular formula is C18H24N4OS. The van der Waals surface area contributed by atoms with Gasteiger partial charge in [-0.1, -0.05) is 13.0 Å². The van der Waals surface area contributed by atoms with Crippen molar-refractivity contribution in [3.8, 4) is 0 Å². The fourth-order valence-corrected chi connectivity index (χ4v) is 3.70. The van der Waals surface area contributed by atoms with Crippen LogP contribution in [0.4, 0.5) is 5.69 Å². The van der Waals surface area contributed by atoms with E-state index in [0.29, 0.717) is 5.69 Å². The Kier molecular flexibility index (Phi) is 5.16. The molecule has 2 heterocycles. The molecule has 3 rings (SSSR count). The number of aromatic nitrogens is 1. The Balaban J connectivity index is 1.58. The molecule has 1 fully saturated rings. The number of hydrogen-bond donors (Lipinski definition) is 1. The lowest BCUT2D eigenvalue weighted by atomic mass is 10.1. The number of piperazine rings is 1. The van der Waals surface area contributed by atoms with Crippen LogP contribution in [-0.4, -0.2) is 46.9 Å². The van der Waals surface area contributed by atoms with E-state index in [2.05, 4.69) is 22.2 Å². The Labute approximate surface area is 147 Å². The molecule has 2 aromatic rings. The molecule has 0 radical (unpaired) electrons. The Morgan fingerprint density at radius 3 is 2.71 bits per heavy atom. The zero-order chi connectivity index (χ0) is 17.1. The van der Waals surface area contributed by atoms with Gasteiger partial charge >= 0.3 is 0 Å². The highest BCUT2D eigenvalue weighted by molar-refractivity contribution is 7.09. The minimum atomic E-state index is 0.0846. The molecule has 0 saturated carbocycles. The molecule has 24 heavy (non-hydrogen) atoms. The van der Waals surface area contributed by atoms with E-state index in [1.807, 2.05) is 24.0 Å². The van der Waals surface area contributed by atoms with Crippen molar-refractivity contribution in [2.24, 2.45) is 0 Å². The highest BCUT2D eigenvalue weighted by atomic mass is 32.1. The monoisotopic (exact) mass is 344 g/mol. The number of nitrogens with two attached hydrogens (primary N) is 1. The van der Waals surface area contributed by atoms with Gasteiger partial charge in [-0.15, -0.1) is 11.3 Å². The van der Waals surface area contributed by atoms with Gasteiger partial charge in [-0.3, -0.25) is 9.69 Å². The molecule has 0 bridgehead atoms. The van der Waals surface area contributed by atoms with Crippen LogP contribution in [0.5, 0.6) is 0 Å². The van der Waals surface area contributed by atoms with Gasteiger partial charge in [-0.25, -0.2) is 4.98 Å². The lowest BCUT2D eigenvalue weighted by Gasteiger charge is -2.34. The highest BCUT2D eigenvalue weighted by Crippen LogP contribution is 2.18. The number of nitrogen functional groups attached to an aromatic ring is 1. The van der Waals surface area contributed by atoms with E-state index in [4.69, 9.17) is 5.73 Å². The standard InChI is InChI=1S/C18H24N4OS/c1-3-17-20-15(12-24-17)11-21-6-8-22(9-7-21)18(23)16-10-14(19)5-4-13(16)2/h4-5,10,12H,3,6-9,11,19H2,1-2H3. The third-order valence-corrected chi connectivity index (χ3v) is 5.48. The van der Waals surface area contributed by atoms with Gasteiger partial charge in [0.25, 0.3) is 5.91 Å². The van der Waals surface area contributed by atoms with Gasteiger partial charge in [-0.2, -0.15) is 0 Å². The summed E-state index contributed by atoms with van der Waals surface area (Å²) in [5.74, 6) is 0.0846. The summed E-state index contributed by atoms with van der Waals surface area (Å²) in [4.78, 5) is 21.6. The van der Waals surface area contributed by atoms with Crippen LogP contribution in [0, 0.1) is 6.92 Å². The predicted octanol–water partition coefficient (Wildman–Crippen LogP) is 2.55. The van der Waals surface area contributed by atoms with Crippen LogP contribution in [0.3, 0.4) is 0 Å². The van der Waals surface area contributed by atoms with Crippen LogP contribution < -0.4 is 5.73 Å². The normalized spacial score (nSPS) is 15.7. The van der Waals surface area contributed by atoms with Gasteiger partial charge in [0.15, 0.2) is 0 Å². The number of nitrogens with zero attached hydrogens (tertiary/aromatic N) is 3. The molecule has 2 N–H and O–H groups in total. The molecule has 0 atom stereocenters. The van der Waals surface area contributed by atoms with Gasteiger partial charge in [0.2, 0.25) is 0 Å². The number of carbonyl (C=O) groups excluding carboxylic acids is 1. The highest BCUT2D eigenvalue weighted by Gasteiger charge is 2.23. The lowest BCUT2D eigenvalue weighted by molar-refractivity contribution is 0.0626. The summed E-state index contributed by atoms with van der Waals surface area (Å²) < 4.78 is 0. The lowest BCUT2D eigenvalue weighted by Crippen LogP contribution is -2.48. The molecule has 0 spiro atoms. The first-order chi connectivity index (χ1) is 11.6. The average molecular weight is 344 g/mol. The van der Waals surface area contributed by atoms with Crippen molar-refractivity contribution in [2.45, 2.75) is 26.8 Å². The average Bonchev–Trinajstić information content (AvgIpc) is 3.05. The van der Waals surface area contributed by atoms with Crippen molar-refractivity contribution < 1.29 is 4.79 Å². The number of aryl methyl sites for hydroxylation is 2. The molecule has 0 aliphatic carbocycles. The molecule has 0 unspecified atom stereocenters. The Morgan fingerprint density at radius 1 is 1.29 bits per heavy atom. The van der Waals surface area contributed by atoms with E-state index >= 15 is 0 Å². The molecule has 1 amide bonds. The van der Waals surface area contributed by atoms with E-state index < -0.39 is 0 Å². The SMILES string of the molecule is CCc1nc(CN2CCN(C(=O)c3cc(N)ccc3C)CC2)cs1. The predicted molar refractivity (Wildman–Crippen MR) is 98.3 cm³/mol. The fraction of sp³-hybridized carbons (Fsp3) is 0.444. The van der Waals surface area contributed by atoms with Crippen LogP contribution in [0.2, 0.25) is 0 Å². The van der Waals surface area contributed by atoms with Crippen LogP contribution in [0.1, 0.15) is 33.5 Å². The van der Waals surface area contributed by atoms with E-state index in [-0.39, 0.29) is 5.91 Å². The first-order valence-corrected chi connectivity index (χ1v) is 9.26. The van der Waals surface area contributed by atoms with Crippen LogP contribution in [-0.2, 0) is 13.0 Å². The van der Waals surface area contributed by atoms with Gasteiger partial charge in [0.1, 0.15) is 0 Å². The number of thiazole rings is 1. The smallest absolute Gasteiger partial charge is 0.254 e. The summed E-state index contributed by atoms with van der Waals surface area (Å²) in [5, 5.41) is 3.34. The molecular weight excluding hydrogens is 320 g/mol. The topological polar surface area (TPSA) is 62.5 Å². The number of amides is 1. The van der Waals surface area contributed by atoms with Gasteiger partial charge < -0.3 is 10.6 Å². The molecule has 1 aliphatic rings. The van der Waals surface area contributed by atoms with E-state index in [0.717, 1.165) is 56.0 Å². The van der Waals surface area contributed by atoms with Crippen molar-refractivity contribution >= 4 is 22.9 Å². The van der Waals surface area contributed by atoms with Crippen molar-refractivity contribution in [3.63, 3.8) is 0 Å². The van der Waals surface area contributed by atoms with Gasteiger partial charge in [0, 0.05) is 49.4 Å². The third kappa shape index (κ3) is 3.76. The second kappa shape index (κ2) is 7.32. The number of benzene rings is 1. The van der Waals surface area contributed by atoms with Gasteiger partial charge in [0.05, 0.1) is 10.7 Å². The zero-order valence-electron chi connectivity index (χ0n) is 14.3. The Hall–Kier alpha value is -1.92. The first-order valence-electron chi connectivity index (χ1n) is 8.38. The summed E-state index contributed by atoms with van der Waals surface area (Å²) >= 11 is 1.73. The van der Waals surface area contributed by atoms with Crippen molar-refractivity contribution in [2.75, 3.05) is 31.9 Å². The molecule has 1 aromatic heterocycles. The maximum Gasteiger partial charge on any atom is 0.254 e. The van der Waals surface area contributed by atoms with E-state index in [9.17, 15) is 4.79 Å². The largest absolute Gasteiger partial charge is 0.399 e. The van der Waals surface area contributed by atoms with Crippen molar-refractivity contribution in [1.29, 1.82) is 0 Å². The number of hydrogen-bond acceptors (Lipinski definition) is 5. The molecule has 1 saturated heterocycles. The zero-order valence-corrected chi connectivity index (χ0v) is 15.1. The Morgan fingerprint density at radius 2 is 2.04 bits per heavy atom. The maximum atomic E-state index is 12.7.